The predicted octanol–water partition coefficient (Wildman–Crippen LogP) is 2.97. The fourth-order valence-electron chi connectivity index (χ4n) is 1.24. The lowest BCUT2D eigenvalue weighted by Gasteiger charge is -2.07. The van der Waals surface area contributed by atoms with E-state index in [2.05, 4.69) is 4.98 Å². The highest BCUT2D eigenvalue weighted by atomic mass is 35.5. The van der Waals surface area contributed by atoms with Gasteiger partial charge in [0.25, 0.3) is 12.1 Å². The van der Waals surface area contributed by atoms with Crippen LogP contribution in [-0.4, -0.2) is 9.91 Å². The summed E-state index contributed by atoms with van der Waals surface area (Å²) in [6.45, 7) is 1.43. The summed E-state index contributed by atoms with van der Waals surface area (Å²) in [5, 5.41) is 10.7. The molecule has 1 aromatic rings. The van der Waals surface area contributed by atoms with Crippen LogP contribution >= 0.6 is 11.6 Å². The summed E-state index contributed by atoms with van der Waals surface area (Å²) in [6, 6.07) is 0. The summed E-state index contributed by atoms with van der Waals surface area (Å²) >= 11 is 5.42. The van der Waals surface area contributed by atoms with Gasteiger partial charge in [-0.3, -0.25) is 15.1 Å². The maximum atomic E-state index is 12.4. The molecule has 7 heteroatoms. The summed E-state index contributed by atoms with van der Waals surface area (Å²) in [4.78, 5) is 13.4. The van der Waals surface area contributed by atoms with E-state index in [4.69, 9.17) is 11.6 Å². The van der Waals surface area contributed by atoms with Crippen molar-refractivity contribution in [1.29, 1.82) is 0 Å². The highest BCUT2D eigenvalue weighted by molar-refractivity contribution is 6.17. The van der Waals surface area contributed by atoms with Gasteiger partial charge in [-0.05, 0) is 6.92 Å². The Labute approximate surface area is 89.0 Å². The molecule has 0 amide bonds. The number of hydrogen-bond donors (Lipinski definition) is 0. The van der Waals surface area contributed by atoms with Gasteiger partial charge in [0, 0.05) is 11.8 Å². The number of nitrogens with zero attached hydrogens (tertiary/aromatic N) is 2. The molecule has 0 aliphatic rings. The van der Waals surface area contributed by atoms with Crippen molar-refractivity contribution in [2.24, 2.45) is 0 Å². The average molecular weight is 237 g/mol. The SMILES string of the molecule is Cc1cnc(C(F)F)c(CCl)c1[N+](=O)[O-]. The summed E-state index contributed by atoms with van der Waals surface area (Å²) in [5.41, 5.74) is -0.991. The Morgan fingerprint density at radius 1 is 1.67 bits per heavy atom. The normalized spacial score (nSPS) is 10.7. The molecular formula is C8H7ClF2N2O2. The van der Waals surface area contributed by atoms with Gasteiger partial charge < -0.3 is 0 Å². The minimum Gasteiger partial charge on any atom is -0.258 e. The van der Waals surface area contributed by atoms with E-state index in [1.54, 1.807) is 0 Å². The second-order valence-electron chi connectivity index (χ2n) is 2.85. The van der Waals surface area contributed by atoms with Gasteiger partial charge in [0.05, 0.1) is 16.4 Å². The summed E-state index contributed by atoms with van der Waals surface area (Å²) in [5.74, 6) is -0.356. The molecule has 0 spiro atoms. The molecule has 0 bridgehead atoms. The van der Waals surface area contributed by atoms with Crippen molar-refractivity contribution in [3.8, 4) is 0 Å². The maximum absolute atomic E-state index is 12.4. The van der Waals surface area contributed by atoms with E-state index < -0.39 is 17.0 Å². The van der Waals surface area contributed by atoms with E-state index in [9.17, 15) is 18.9 Å². The third-order valence-corrected chi connectivity index (χ3v) is 2.16. The lowest BCUT2D eigenvalue weighted by molar-refractivity contribution is -0.386. The molecule has 1 heterocycles. The summed E-state index contributed by atoms with van der Waals surface area (Å²) in [6.07, 6.45) is -1.81. The minimum atomic E-state index is -2.86. The zero-order valence-corrected chi connectivity index (χ0v) is 8.46. The van der Waals surface area contributed by atoms with E-state index in [1.807, 2.05) is 0 Å². The van der Waals surface area contributed by atoms with Crippen LogP contribution in [0, 0.1) is 17.0 Å². The molecule has 0 fully saturated rings. The standard InChI is InChI=1S/C8H7ClF2N2O2/c1-4-3-12-6(8(10)11)5(2-9)7(4)13(14)15/h3,8H,2H2,1H3. The van der Waals surface area contributed by atoms with Gasteiger partial charge in [0.2, 0.25) is 0 Å². The first kappa shape index (κ1) is 11.8. The van der Waals surface area contributed by atoms with Crippen molar-refractivity contribution in [3.05, 3.63) is 33.1 Å². The Hall–Kier alpha value is -1.30. The smallest absolute Gasteiger partial charge is 0.258 e. The largest absolute Gasteiger partial charge is 0.280 e. The van der Waals surface area contributed by atoms with E-state index in [0.717, 1.165) is 6.20 Å². The Morgan fingerprint density at radius 2 is 2.27 bits per heavy atom. The van der Waals surface area contributed by atoms with Gasteiger partial charge in [0.15, 0.2) is 0 Å². The molecule has 1 aromatic heterocycles. The zero-order chi connectivity index (χ0) is 11.6. The van der Waals surface area contributed by atoms with Gasteiger partial charge in [-0.2, -0.15) is 0 Å². The fraction of sp³-hybridized carbons (Fsp3) is 0.375. The number of halogens is 3. The Bertz CT molecular complexity index is 398. The van der Waals surface area contributed by atoms with Crippen LogP contribution in [-0.2, 0) is 5.88 Å². The quantitative estimate of drug-likeness (QED) is 0.461. The predicted molar refractivity (Wildman–Crippen MR) is 50.1 cm³/mol. The molecule has 15 heavy (non-hydrogen) atoms. The van der Waals surface area contributed by atoms with Crippen molar-refractivity contribution in [1.82, 2.24) is 4.98 Å². The van der Waals surface area contributed by atoms with Crippen molar-refractivity contribution in [2.45, 2.75) is 19.2 Å². The number of pyridine rings is 1. The van der Waals surface area contributed by atoms with Crippen LogP contribution in [0.5, 0.6) is 0 Å². The molecule has 4 nitrogen and oxygen atoms in total. The van der Waals surface area contributed by atoms with Crippen molar-refractivity contribution in [3.63, 3.8) is 0 Å². The average Bonchev–Trinajstić information content (AvgIpc) is 2.15. The number of hydrogen-bond acceptors (Lipinski definition) is 3. The van der Waals surface area contributed by atoms with Gasteiger partial charge in [-0.25, -0.2) is 8.78 Å². The monoisotopic (exact) mass is 236 g/mol. The van der Waals surface area contributed by atoms with E-state index in [0.29, 0.717) is 0 Å². The Morgan fingerprint density at radius 3 is 2.67 bits per heavy atom. The van der Waals surface area contributed by atoms with Gasteiger partial charge in [-0.1, -0.05) is 0 Å². The third kappa shape index (κ3) is 2.20. The molecule has 0 aliphatic carbocycles. The van der Waals surface area contributed by atoms with Gasteiger partial charge >= 0.3 is 0 Å². The Balaban J connectivity index is 3.47. The molecule has 0 saturated heterocycles. The molecule has 0 radical (unpaired) electrons. The Kier molecular flexibility index (Phi) is 3.52. The van der Waals surface area contributed by atoms with E-state index in [1.165, 1.54) is 6.92 Å². The lowest BCUT2D eigenvalue weighted by Crippen LogP contribution is -2.04. The molecule has 82 valence electrons. The zero-order valence-electron chi connectivity index (χ0n) is 7.71. The van der Waals surface area contributed by atoms with Gasteiger partial charge in [0.1, 0.15) is 5.69 Å². The summed E-state index contributed by atoms with van der Waals surface area (Å²) < 4.78 is 24.9. The maximum Gasteiger partial charge on any atom is 0.280 e. The number of aryl methyl sites for hydroxylation is 1. The molecule has 0 aliphatic heterocycles. The first-order chi connectivity index (χ1) is 6.99. The first-order valence-corrected chi connectivity index (χ1v) is 4.49. The minimum absolute atomic E-state index is 0.211. The molecule has 0 N–H and O–H groups in total. The number of alkyl halides is 3. The topological polar surface area (TPSA) is 56.0 Å². The van der Waals surface area contributed by atoms with Gasteiger partial charge in [-0.15, -0.1) is 11.6 Å². The first-order valence-electron chi connectivity index (χ1n) is 3.96. The van der Waals surface area contributed by atoms with Crippen molar-refractivity contribution < 1.29 is 13.7 Å². The summed E-state index contributed by atoms with van der Waals surface area (Å²) in [7, 11) is 0. The highest BCUT2D eigenvalue weighted by Crippen LogP contribution is 2.31. The van der Waals surface area contributed by atoms with Crippen LogP contribution in [0.3, 0.4) is 0 Å². The van der Waals surface area contributed by atoms with Crippen LogP contribution in [0.25, 0.3) is 0 Å². The molecule has 0 unspecified atom stereocenters. The van der Waals surface area contributed by atoms with Crippen LogP contribution in [0.4, 0.5) is 14.5 Å². The van der Waals surface area contributed by atoms with Crippen LogP contribution in [0.2, 0.25) is 0 Å². The lowest BCUT2D eigenvalue weighted by atomic mass is 10.1. The number of nitro groups is 1. The van der Waals surface area contributed by atoms with Crippen molar-refractivity contribution >= 4 is 17.3 Å². The third-order valence-electron chi connectivity index (χ3n) is 1.89. The van der Waals surface area contributed by atoms with E-state index in [-0.39, 0.29) is 22.7 Å². The molecule has 0 atom stereocenters. The number of rotatable bonds is 3. The highest BCUT2D eigenvalue weighted by Gasteiger charge is 2.25. The van der Waals surface area contributed by atoms with E-state index >= 15 is 0 Å². The van der Waals surface area contributed by atoms with Crippen LogP contribution in [0.1, 0.15) is 23.2 Å². The van der Waals surface area contributed by atoms with Crippen molar-refractivity contribution in [2.75, 3.05) is 0 Å². The molecular weight excluding hydrogens is 230 g/mol. The number of aromatic nitrogens is 1. The molecule has 0 saturated carbocycles. The second-order valence-corrected chi connectivity index (χ2v) is 3.11. The fourth-order valence-corrected chi connectivity index (χ4v) is 1.50. The second kappa shape index (κ2) is 4.48. The van der Waals surface area contributed by atoms with Crippen LogP contribution < -0.4 is 0 Å². The molecule has 1 rings (SSSR count). The molecule has 0 aromatic carbocycles. The van der Waals surface area contributed by atoms with Crippen LogP contribution in [0.15, 0.2) is 6.20 Å².